The van der Waals surface area contributed by atoms with Gasteiger partial charge in [-0.25, -0.2) is 9.37 Å². The maximum absolute atomic E-state index is 14.6. The second-order valence-corrected chi connectivity index (χ2v) is 6.78. The van der Waals surface area contributed by atoms with Gasteiger partial charge in [0.1, 0.15) is 22.8 Å². The molecular weight excluding hydrogens is 404 g/mol. The van der Waals surface area contributed by atoms with E-state index in [2.05, 4.69) is 15.1 Å². The van der Waals surface area contributed by atoms with Gasteiger partial charge in [-0.2, -0.15) is 0 Å². The van der Waals surface area contributed by atoms with Crippen molar-refractivity contribution < 1.29 is 14.0 Å². The Morgan fingerprint density at radius 1 is 1.07 bits per heavy atom. The Hall–Kier alpha value is -2.80. The third-order valence-corrected chi connectivity index (χ3v) is 4.64. The first kappa shape index (κ1) is 18.6. The van der Waals surface area contributed by atoms with Crippen LogP contribution in [0.25, 0.3) is 22.6 Å². The van der Waals surface area contributed by atoms with E-state index in [0.717, 1.165) is 0 Å². The molecule has 1 atom stereocenters. The molecule has 4 rings (SSSR count). The molecule has 1 N–H and O–H groups in total. The molecule has 0 aliphatic rings. The molecule has 8 heteroatoms. The molecule has 140 valence electrons. The summed E-state index contributed by atoms with van der Waals surface area (Å²) >= 11 is 11.7. The average molecular weight is 416 g/mol. The average Bonchev–Trinajstić information content (AvgIpc) is 3.13. The second kappa shape index (κ2) is 7.67. The first-order chi connectivity index (χ1) is 13.5. The highest BCUT2D eigenvalue weighted by atomic mass is 35.5. The molecule has 0 fully saturated rings. The van der Waals surface area contributed by atoms with E-state index in [4.69, 9.17) is 27.7 Å². The van der Waals surface area contributed by atoms with Gasteiger partial charge in [-0.15, -0.1) is 0 Å². The smallest absolute Gasteiger partial charge is 0.175 e. The van der Waals surface area contributed by atoms with Crippen molar-refractivity contribution in [3.05, 3.63) is 88.2 Å². The summed E-state index contributed by atoms with van der Waals surface area (Å²) in [7, 11) is 0. The van der Waals surface area contributed by atoms with Crippen LogP contribution >= 0.6 is 23.2 Å². The van der Waals surface area contributed by atoms with E-state index in [1.807, 2.05) is 0 Å². The topological polar surface area (TPSA) is 72.0 Å². The number of aliphatic hydroxyl groups is 1. The molecule has 0 radical (unpaired) electrons. The summed E-state index contributed by atoms with van der Waals surface area (Å²) in [6.07, 6.45) is 3.44. The lowest BCUT2D eigenvalue weighted by molar-refractivity contribution is 0.220. The molecular formula is C20H12Cl2FN3O2. The van der Waals surface area contributed by atoms with Crippen molar-refractivity contribution in [2.75, 3.05) is 0 Å². The highest BCUT2D eigenvalue weighted by Gasteiger charge is 2.28. The molecule has 4 aromatic rings. The first-order valence-corrected chi connectivity index (χ1v) is 8.95. The lowest BCUT2D eigenvalue weighted by atomic mass is 9.95. The Labute approximate surface area is 169 Å². The van der Waals surface area contributed by atoms with Gasteiger partial charge in [0.15, 0.2) is 5.76 Å². The molecule has 5 nitrogen and oxygen atoms in total. The van der Waals surface area contributed by atoms with E-state index in [0.29, 0.717) is 21.8 Å². The molecule has 0 aliphatic heterocycles. The summed E-state index contributed by atoms with van der Waals surface area (Å²) in [4.78, 5) is 8.06. The number of aliphatic hydroxyl groups excluding tert-OH is 1. The monoisotopic (exact) mass is 415 g/mol. The largest absolute Gasteiger partial charge is 0.383 e. The van der Waals surface area contributed by atoms with E-state index in [1.54, 1.807) is 36.5 Å². The minimum absolute atomic E-state index is 0.152. The van der Waals surface area contributed by atoms with Crippen molar-refractivity contribution in [2.24, 2.45) is 0 Å². The Morgan fingerprint density at radius 2 is 1.93 bits per heavy atom. The van der Waals surface area contributed by atoms with Crippen LogP contribution in [0.15, 0.2) is 65.6 Å². The van der Waals surface area contributed by atoms with Crippen molar-refractivity contribution in [3.63, 3.8) is 0 Å². The van der Waals surface area contributed by atoms with Gasteiger partial charge in [0.25, 0.3) is 0 Å². The fraction of sp³-hybridized carbons (Fsp3) is 0.0500. The SMILES string of the molecule is OC(c1cccnc1)c1c(-c2ccc(Cl)cc2F)noc1-c1ccc(Cl)nc1. The maximum Gasteiger partial charge on any atom is 0.175 e. The Balaban J connectivity index is 1.93. The molecule has 0 bridgehead atoms. The molecule has 1 aromatic carbocycles. The minimum atomic E-state index is -1.16. The van der Waals surface area contributed by atoms with E-state index >= 15 is 0 Å². The van der Waals surface area contributed by atoms with Crippen LogP contribution in [0, 0.1) is 5.82 Å². The number of aromatic nitrogens is 3. The lowest BCUT2D eigenvalue weighted by Crippen LogP contribution is -2.03. The third kappa shape index (κ3) is 3.49. The summed E-state index contributed by atoms with van der Waals surface area (Å²) in [5.74, 6) is -0.328. The van der Waals surface area contributed by atoms with Crippen molar-refractivity contribution >= 4 is 23.2 Å². The standard InChI is InChI=1S/C20H12Cl2FN3O2/c21-13-4-5-14(15(23)8-13)18-17(19(27)11-2-1-7-24-9-11)20(28-26-18)12-3-6-16(22)25-10-12/h1-10,19,27H. The zero-order chi connectivity index (χ0) is 19.7. The fourth-order valence-electron chi connectivity index (χ4n) is 2.85. The Kier molecular flexibility index (Phi) is 5.09. The molecule has 0 amide bonds. The van der Waals surface area contributed by atoms with E-state index < -0.39 is 11.9 Å². The van der Waals surface area contributed by atoms with E-state index in [-0.39, 0.29) is 22.0 Å². The first-order valence-electron chi connectivity index (χ1n) is 8.19. The fourth-order valence-corrected chi connectivity index (χ4v) is 3.12. The van der Waals surface area contributed by atoms with Gasteiger partial charge >= 0.3 is 0 Å². The van der Waals surface area contributed by atoms with E-state index in [1.165, 1.54) is 24.5 Å². The van der Waals surface area contributed by atoms with Gasteiger partial charge in [-0.05, 0) is 36.4 Å². The number of pyridine rings is 2. The molecule has 1 unspecified atom stereocenters. The number of nitrogens with zero attached hydrogens (tertiary/aromatic N) is 3. The zero-order valence-electron chi connectivity index (χ0n) is 14.2. The Morgan fingerprint density at radius 3 is 2.61 bits per heavy atom. The van der Waals surface area contributed by atoms with Gasteiger partial charge in [0.05, 0.1) is 5.56 Å². The molecule has 0 saturated heterocycles. The minimum Gasteiger partial charge on any atom is -0.383 e. The normalized spacial score (nSPS) is 12.1. The van der Waals surface area contributed by atoms with Crippen LogP contribution in [-0.4, -0.2) is 20.2 Å². The van der Waals surface area contributed by atoms with Crippen molar-refractivity contribution in [2.45, 2.75) is 6.10 Å². The number of benzene rings is 1. The van der Waals surface area contributed by atoms with Crippen LogP contribution in [0.5, 0.6) is 0 Å². The predicted molar refractivity (Wildman–Crippen MR) is 103 cm³/mol. The van der Waals surface area contributed by atoms with Crippen molar-refractivity contribution in [1.29, 1.82) is 0 Å². The van der Waals surface area contributed by atoms with Crippen molar-refractivity contribution in [3.8, 4) is 22.6 Å². The van der Waals surface area contributed by atoms with Crippen LogP contribution in [0.4, 0.5) is 4.39 Å². The lowest BCUT2D eigenvalue weighted by Gasteiger charge is -2.13. The maximum atomic E-state index is 14.6. The summed E-state index contributed by atoms with van der Waals surface area (Å²) in [6.45, 7) is 0. The molecule has 28 heavy (non-hydrogen) atoms. The highest BCUT2D eigenvalue weighted by molar-refractivity contribution is 6.30. The summed E-state index contributed by atoms with van der Waals surface area (Å²) in [5.41, 5.74) is 1.65. The number of halogens is 3. The highest BCUT2D eigenvalue weighted by Crippen LogP contribution is 2.40. The predicted octanol–water partition coefficient (Wildman–Crippen LogP) is 5.33. The number of rotatable bonds is 4. The zero-order valence-corrected chi connectivity index (χ0v) is 15.7. The van der Waals surface area contributed by atoms with Gasteiger partial charge in [0, 0.05) is 40.3 Å². The quantitative estimate of drug-likeness (QED) is 0.456. The van der Waals surface area contributed by atoms with E-state index in [9.17, 15) is 9.50 Å². The van der Waals surface area contributed by atoms with Crippen LogP contribution in [0.1, 0.15) is 17.2 Å². The van der Waals surface area contributed by atoms with Crippen LogP contribution in [0.3, 0.4) is 0 Å². The van der Waals surface area contributed by atoms with Gasteiger partial charge in [0.2, 0.25) is 0 Å². The van der Waals surface area contributed by atoms with Gasteiger partial charge in [-0.1, -0.05) is 34.4 Å². The van der Waals surface area contributed by atoms with Crippen LogP contribution in [0.2, 0.25) is 10.2 Å². The number of hydrogen-bond donors (Lipinski definition) is 1. The molecule has 3 aromatic heterocycles. The molecule has 3 heterocycles. The van der Waals surface area contributed by atoms with Gasteiger partial charge in [-0.3, -0.25) is 4.98 Å². The summed E-state index contributed by atoms with van der Waals surface area (Å²) < 4.78 is 20.0. The third-order valence-electron chi connectivity index (χ3n) is 4.18. The summed E-state index contributed by atoms with van der Waals surface area (Å²) in [6, 6.07) is 10.9. The van der Waals surface area contributed by atoms with Crippen LogP contribution < -0.4 is 0 Å². The molecule has 0 aliphatic carbocycles. The van der Waals surface area contributed by atoms with Crippen molar-refractivity contribution in [1.82, 2.24) is 15.1 Å². The summed E-state index contributed by atoms with van der Waals surface area (Å²) in [5, 5.41) is 15.6. The number of hydrogen-bond acceptors (Lipinski definition) is 5. The van der Waals surface area contributed by atoms with Crippen LogP contribution in [-0.2, 0) is 0 Å². The van der Waals surface area contributed by atoms with Gasteiger partial charge < -0.3 is 9.63 Å². The molecule has 0 saturated carbocycles. The Bertz CT molecular complexity index is 1120. The molecule has 0 spiro atoms. The second-order valence-electron chi connectivity index (χ2n) is 5.96.